The Bertz CT molecular complexity index is 419. The normalized spacial score (nSPS) is 13.6. The molecule has 0 saturated heterocycles. The van der Waals surface area contributed by atoms with Crippen molar-refractivity contribution in [3.8, 4) is 5.75 Å². The SMILES string of the molecule is CCCC(C)(O)CNC(=O)COc1cccc(N)c1. The van der Waals surface area contributed by atoms with Crippen LogP contribution in [0.15, 0.2) is 24.3 Å². The van der Waals surface area contributed by atoms with Crippen molar-refractivity contribution < 1.29 is 14.6 Å². The number of hydrogen-bond donors (Lipinski definition) is 3. The molecule has 19 heavy (non-hydrogen) atoms. The second-order valence-corrected chi connectivity index (χ2v) is 4.88. The lowest BCUT2D eigenvalue weighted by Gasteiger charge is -2.22. The smallest absolute Gasteiger partial charge is 0.258 e. The second-order valence-electron chi connectivity index (χ2n) is 4.88. The van der Waals surface area contributed by atoms with Gasteiger partial charge in [0.25, 0.3) is 5.91 Å². The first-order valence-electron chi connectivity index (χ1n) is 6.40. The maximum Gasteiger partial charge on any atom is 0.258 e. The van der Waals surface area contributed by atoms with Crippen LogP contribution in [0.3, 0.4) is 0 Å². The van der Waals surface area contributed by atoms with E-state index in [1.807, 2.05) is 6.92 Å². The van der Waals surface area contributed by atoms with Crippen LogP contribution in [0.25, 0.3) is 0 Å². The predicted octanol–water partition coefficient (Wildman–Crippen LogP) is 1.31. The minimum Gasteiger partial charge on any atom is -0.484 e. The summed E-state index contributed by atoms with van der Waals surface area (Å²) in [6, 6.07) is 6.89. The number of nitrogens with one attached hydrogen (secondary N) is 1. The topological polar surface area (TPSA) is 84.6 Å². The molecule has 1 rings (SSSR count). The molecule has 0 aliphatic rings. The Labute approximate surface area is 113 Å². The van der Waals surface area contributed by atoms with Crippen LogP contribution in [-0.2, 0) is 4.79 Å². The molecule has 0 spiro atoms. The van der Waals surface area contributed by atoms with E-state index in [4.69, 9.17) is 10.5 Å². The van der Waals surface area contributed by atoms with Gasteiger partial charge in [0.05, 0.1) is 5.60 Å². The first kappa shape index (κ1) is 15.3. The molecule has 0 aliphatic carbocycles. The van der Waals surface area contributed by atoms with E-state index in [0.717, 1.165) is 6.42 Å². The van der Waals surface area contributed by atoms with Gasteiger partial charge in [0.2, 0.25) is 0 Å². The summed E-state index contributed by atoms with van der Waals surface area (Å²) in [5.41, 5.74) is 5.31. The Kier molecular flexibility index (Phi) is 5.63. The van der Waals surface area contributed by atoms with Crippen LogP contribution in [0.2, 0.25) is 0 Å². The summed E-state index contributed by atoms with van der Waals surface area (Å²) < 4.78 is 5.30. The maximum atomic E-state index is 11.6. The zero-order chi connectivity index (χ0) is 14.3. The third kappa shape index (κ3) is 6.10. The Morgan fingerprint density at radius 2 is 2.26 bits per heavy atom. The van der Waals surface area contributed by atoms with Crippen LogP contribution in [0.1, 0.15) is 26.7 Å². The van der Waals surface area contributed by atoms with E-state index >= 15 is 0 Å². The van der Waals surface area contributed by atoms with E-state index in [9.17, 15) is 9.90 Å². The summed E-state index contributed by atoms with van der Waals surface area (Å²) >= 11 is 0. The van der Waals surface area contributed by atoms with Gasteiger partial charge >= 0.3 is 0 Å². The highest BCUT2D eigenvalue weighted by Gasteiger charge is 2.19. The summed E-state index contributed by atoms with van der Waals surface area (Å²) in [5.74, 6) is 0.286. The number of ether oxygens (including phenoxy) is 1. The van der Waals surface area contributed by atoms with Gasteiger partial charge < -0.3 is 20.9 Å². The van der Waals surface area contributed by atoms with Gasteiger partial charge in [0.15, 0.2) is 6.61 Å². The van der Waals surface area contributed by atoms with Gasteiger partial charge in [-0.3, -0.25) is 4.79 Å². The van der Waals surface area contributed by atoms with Gasteiger partial charge in [0, 0.05) is 18.3 Å². The molecule has 0 radical (unpaired) electrons. The largest absolute Gasteiger partial charge is 0.484 e. The molecule has 4 N–H and O–H groups in total. The van der Waals surface area contributed by atoms with Gasteiger partial charge in [-0.25, -0.2) is 0 Å². The number of nitrogen functional groups attached to an aromatic ring is 1. The van der Waals surface area contributed by atoms with Gasteiger partial charge in [-0.1, -0.05) is 19.4 Å². The monoisotopic (exact) mass is 266 g/mol. The molecule has 0 saturated carbocycles. The highest BCUT2D eigenvalue weighted by Crippen LogP contribution is 2.14. The van der Waals surface area contributed by atoms with Crippen molar-refractivity contribution in [3.05, 3.63) is 24.3 Å². The molecule has 0 fully saturated rings. The Morgan fingerprint density at radius 1 is 1.53 bits per heavy atom. The molecular formula is C14H22N2O3. The number of rotatable bonds is 7. The van der Waals surface area contributed by atoms with E-state index in [1.54, 1.807) is 31.2 Å². The summed E-state index contributed by atoms with van der Waals surface area (Å²) in [6.45, 7) is 3.82. The first-order chi connectivity index (χ1) is 8.93. The van der Waals surface area contributed by atoms with Crippen LogP contribution in [0.4, 0.5) is 5.69 Å². The number of amides is 1. The van der Waals surface area contributed by atoms with Crippen LogP contribution < -0.4 is 15.8 Å². The van der Waals surface area contributed by atoms with E-state index in [1.165, 1.54) is 0 Å². The van der Waals surface area contributed by atoms with Crippen molar-refractivity contribution in [1.82, 2.24) is 5.32 Å². The van der Waals surface area contributed by atoms with Crippen molar-refractivity contribution in [1.29, 1.82) is 0 Å². The lowest BCUT2D eigenvalue weighted by Crippen LogP contribution is -2.42. The molecule has 0 aromatic heterocycles. The Hall–Kier alpha value is -1.75. The molecule has 0 bridgehead atoms. The molecule has 106 valence electrons. The van der Waals surface area contributed by atoms with E-state index in [0.29, 0.717) is 17.9 Å². The lowest BCUT2D eigenvalue weighted by molar-refractivity contribution is -0.124. The molecule has 0 heterocycles. The molecule has 5 heteroatoms. The van der Waals surface area contributed by atoms with Crippen LogP contribution in [0, 0.1) is 0 Å². The van der Waals surface area contributed by atoms with Crippen molar-refractivity contribution in [3.63, 3.8) is 0 Å². The molecule has 0 aliphatic heterocycles. The number of nitrogens with two attached hydrogens (primary N) is 1. The fourth-order valence-electron chi connectivity index (χ4n) is 1.72. The third-order valence-electron chi connectivity index (χ3n) is 2.68. The number of carbonyl (C=O) groups excluding carboxylic acids is 1. The van der Waals surface area contributed by atoms with Gasteiger partial charge in [-0.05, 0) is 25.5 Å². The summed E-state index contributed by atoms with van der Waals surface area (Å²) in [5, 5.41) is 12.6. The summed E-state index contributed by atoms with van der Waals surface area (Å²) in [7, 11) is 0. The number of benzene rings is 1. The Morgan fingerprint density at radius 3 is 2.89 bits per heavy atom. The summed E-state index contributed by atoms with van der Waals surface area (Å²) in [6.07, 6.45) is 1.51. The highest BCUT2D eigenvalue weighted by molar-refractivity contribution is 5.77. The first-order valence-corrected chi connectivity index (χ1v) is 6.40. The predicted molar refractivity (Wildman–Crippen MR) is 74.9 cm³/mol. The quantitative estimate of drug-likeness (QED) is 0.650. The Balaban J connectivity index is 2.32. The fourth-order valence-corrected chi connectivity index (χ4v) is 1.72. The molecular weight excluding hydrogens is 244 g/mol. The molecule has 1 atom stereocenters. The standard InChI is InChI=1S/C14H22N2O3/c1-3-7-14(2,18)10-16-13(17)9-19-12-6-4-5-11(15)8-12/h4-6,8,18H,3,7,9-10,15H2,1-2H3,(H,16,17). The average Bonchev–Trinajstić information content (AvgIpc) is 2.34. The number of carbonyl (C=O) groups is 1. The van der Waals surface area contributed by atoms with Gasteiger partial charge in [-0.15, -0.1) is 0 Å². The summed E-state index contributed by atoms with van der Waals surface area (Å²) in [4.78, 5) is 11.6. The molecule has 1 aromatic rings. The fraction of sp³-hybridized carbons (Fsp3) is 0.500. The molecule has 1 unspecified atom stereocenters. The third-order valence-corrected chi connectivity index (χ3v) is 2.68. The number of hydrogen-bond acceptors (Lipinski definition) is 4. The number of aliphatic hydroxyl groups is 1. The zero-order valence-electron chi connectivity index (χ0n) is 11.5. The van der Waals surface area contributed by atoms with E-state index in [-0.39, 0.29) is 19.1 Å². The van der Waals surface area contributed by atoms with Crippen molar-refractivity contribution in [2.75, 3.05) is 18.9 Å². The lowest BCUT2D eigenvalue weighted by atomic mass is 10.0. The average molecular weight is 266 g/mol. The highest BCUT2D eigenvalue weighted by atomic mass is 16.5. The second kappa shape index (κ2) is 6.99. The molecule has 1 amide bonds. The minimum absolute atomic E-state index is 0.0916. The van der Waals surface area contributed by atoms with Crippen molar-refractivity contribution in [2.24, 2.45) is 0 Å². The molecule has 1 aromatic carbocycles. The molecule has 5 nitrogen and oxygen atoms in total. The van der Waals surface area contributed by atoms with E-state index < -0.39 is 5.60 Å². The van der Waals surface area contributed by atoms with Crippen molar-refractivity contribution >= 4 is 11.6 Å². The van der Waals surface area contributed by atoms with Crippen LogP contribution >= 0.6 is 0 Å². The minimum atomic E-state index is -0.873. The van der Waals surface area contributed by atoms with Crippen molar-refractivity contribution in [2.45, 2.75) is 32.3 Å². The van der Waals surface area contributed by atoms with Gasteiger partial charge in [0.1, 0.15) is 5.75 Å². The van der Waals surface area contributed by atoms with Crippen LogP contribution in [0.5, 0.6) is 5.75 Å². The maximum absolute atomic E-state index is 11.6. The zero-order valence-corrected chi connectivity index (χ0v) is 11.5. The van der Waals surface area contributed by atoms with Crippen LogP contribution in [-0.4, -0.2) is 29.8 Å². The number of anilines is 1. The van der Waals surface area contributed by atoms with E-state index in [2.05, 4.69) is 5.32 Å². The van der Waals surface area contributed by atoms with Gasteiger partial charge in [-0.2, -0.15) is 0 Å².